The van der Waals surface area contributed by atoms with Gasteiger partial charge in [-0.1, -0.05) is 19.1 Å². The predicted octanol–water partition coefficient (Wildman–Crippen LogP) is 0.747. The summed E-state index contributed by atoms with van der Waals surface area (Å²) in [5, 5.41) is 15.0. The van der Waals surface area contributed by atoms with Crippen LogP contribution in [0.2, 0.25) is 0 Å². The molecule has 1 amide bonds. The number of ether oxygens (including phenoxy) is 1. The molecule has 18 heavy (non-hydrogen) atoms. The van der Waals surface area contributed by atoms with E-state index in [2.05, 4.69) is 10.6 Å². The van der Waals surface area contributed by atoms with E-state index in [-0.39, 0.29) is 18.6 Å². The fourth-order valence-corrected chi connectivity index (χ4v) is 1.83. The van der Waals surface area contributed by atoms with Crippen molar-refractivity contribution in [2.45, 2.75) is 25.5 Å². The molecule has 2 unspecified atom stereocenters. The van der Waals surface area contributed by atoms with E-state index in [1.165, 1.54) is 0 Å². The highest BCUT2D eigenvalue weighted by atomic mass is 16.5. The summed E-state index contributed by atoms with van der Waals surface area (Å²) in [6.45, 7) is 2.29. The van der Waals surface area contributed by atoms with E-state index in [9.17, 15) is 4.79 Å². The largest absolute Gasteiger partial charge is 0.477 e. The summed E-state index contributed by atoms with van der Waals surface area (Å²) in [6, 6.07) is 7.30. The van der Waals surface area contributed by atoms with Crippen molar-refractivity contribution in [1.29, 1.82) is 0 Å². The van der Waals surface area contributed by atoms with E-state index < -0.39 is 6.10 Å². The van der Waals surface area contributed by atoms with E-state index >= 15 is 0 Å². The van der Waals surface area contributed by atoms with Crippen molar-refractivity contribution < 1.29 is 14.6 Å². The van der Waals surface area contributed by atoms with Crippen LogP contribution >= 0.6 is 0 Å². The van der Waals surface area contributed by atoms with Gasteiger partial charge in [-0.05, 0) is 18.6 Å². The Morgan fingerprint density at radius 3 is 3.11 bits per heavy atom. The van der Waals surface area contributed by atoms with Gasteiger partial charge >= 0.3 is 0 Å². The van der Waals surface area contributed by atoms with Crippen LogP contribution in [0.5, 0.6) is 5.75 Å². The van der Waals surface area contributed by atoms with Crippen molar-refractivity contribution in [3.63, 3.8) is 0 Å². The number of hydrogen-bond donors (Lipinski definition) is 3. The molecule has 1 aliphatic rings. The van der Waals surface area contributed by atoms with E-state index in [1.54, 1.807) is 0 Å². The van der Waals surface area contributed by atoms with Crippen LogP contribution in [0, 0.1) is 0 Å². The molecule has 0 bridgehead atoms. The maximum absolute atomic E-state index is 11.9. The highest BCUT2D eigenvalue weighted by molar-refractivity contribution is 5.83. The Hall–Kier alpha value is -1.75. The van der Waals surface area contributed by atoms with Gasteiger partial charge in [-0.2, -0.15) is 0 Å². The summed E-state index contributed by atoms with van der Waals surface area (Å²) in [5.41, 5.74) is 0.899. The van der Waals surface area contributed by atoms with Crippen LogP contribution in [0.25, 0.3) is 0 Å². The number of nitrogens with one attached hydrogen (secondary N) is 2. The molecule has 1 aromatic carbocycles. The number of aliphatic hydroxyl groups excluding tert-OH is 1. The van der Waals surface area contributed by atoms with Crippen LogP contribution < -0.4 is 15.4 Å². The highest BCUT2D eigenvalue weighted by Gasteiger charge is 2.26. The number of fused-ring (bicyclic) bond motifs is 1. The highest BCUT2D eigenvalue weighted by Crippen LogP contribution is 2.28. The van der Waals surface area contributed by atoms with Gasteiger partial charge in [-0.3, -0.25) is 4.79 Å². The Bertz CT molecular complexity index is 418. The Morgan fingerprint density at radius 1 is 1.61 bits per heavy atom. The average molecular weight is 250 g/mol. The molecular weight excluding hydrogens is 232 g/mol. The zero-order chi connectivity index (χ0) is 13.0. The summed E-state index contributed by atoms with van der Waals surface area (Å²) < 4.78 is 5.63. The van der Waals surface area contributed by atoms with Gasteiger partial charge in [0.2, 0.25) is 0 Å². The first-order chi connectivity index (χ1) is 8.74. The third-order valence-electron chi connectivity index (χ3n) is 2.99. The van der Waals surface area contributed by atoms with Crippen molar-refractivity contribution in [3.8, 4) is 5.75 Å². The Balaban J connectivity index is 1.98. The zero-order valence-corrected chi connectivity index (χ0v) is 10.3. The number of para-hydroxylation sites is 2. The lowest BCUT2D eigenvalue weighted by Crippen LogP contribution is -2.49. The van der Waals surface area contributed by atoms with Gasteiger partial charge in [0.1, 0.15) is 5.75 Å². The Kier molecular flexibility index (Phi) is 4.04. The van der Waals surface area contributed by atoms with Crippen LogP contribution in [-0.2, 0) is 4.79 Å². The van der Waals surface area contributed by atoms with Gasteiger partial charge in [-0.15, -0.1) is 0 Å². The molecule has 0 spiro atoms. The van der Waals surface area contributed by atoms with E-state index in [1.807, 2.05) is 31.2 Å². The van der Waals surface area contributed by atoms with Crippen molar-refractivity contribution in [3.05, 3.63) is 24.3 Å². The van der Waals surface area contributed by atoms with Gasteiger partial charge < -0.3 is 20.5 Å². The number of hydrogen-bond acceptors (Lipinski definition) is 4. The van der Waals surface area contributed by atoms with Gasteiger partial charge in [0, 0.05) is 0 Å². The topological polar surface area (TPSA) is 70.6 Å². The van der Waals surface area contributed by atoms with Gasteiger partial charge in [-0.25, -0.2) is 0 Å². The molecule has 1 heterocycles. The molecule has 1 aromatic rings. The monoisotopic (exact) mass is 250 g/mol. The lowest BCUT2D eigenvalue weighted by Gasteiger charge is -2.27. The summed E-state index contributed by atoms with van der Waals surface area (Å²) in [4.78, 5) is 11.9. The SMILES string of the molecule is CCC(CO)NC(=O)C1CNc2ccccc2O1. The first-order valence-electron chi connectivity index (χ1n) is 6.15. The third kappa shape index (κ3) is 2.73. The minimum absolute atomic E-state index is 0.0566. The molecular formula is C13H18N2O3. The number of carbonyl (C=O) groups excluding carboxylic acids is 1. The number of amides is 1. The molecule has 0 aromatic heterocycles. The minimum atomic E-state index is -0.555. The molecule has 0 saturated carbocycles. The molecule has 5 nitrogen and oxygen atoms in total. The van der Waals surface area contributed by atoms with Crippen LogP contribution in [-0.4, -0.2) is 36.3 Å². The minimum Gasteiger partial charge on any atom is -0.477 e. The van der Waals surface area contributed by atoms with Gasteiger partial charge in [0.25, 0.3) is 5.91 Å². The Morgan fingerprint density at radius 2 is 2.39 bits per heavy atom. The second-order valence-corrected chi connectivity index (χ2v) is 4.28. The quantitative estimate of drug-likeness (QED) is 0.737. The van der Waals surface area contributed by atoms with E-state index in [0.29, 0.717) is 18.7 Å². The lowest BCUT2D eigenvalue weighted by atomic mass is 10.2. The molecule has 2 rings (SSSR count). The van der Waals surface area contributed by atoms with Crippen molar-refractivity contribution in [1.82, 2.24) is 5.32 Å². The third-order valence-corrected chi connectivity index (χ3v) is 2.99. The van der Waals surface area contributed by atoms with Crippen molar-refractivity contribution >= 4 is 11.6 Å². The van der Waals surface area contributed by atoms with Crippen molar-refractivity contribution in [2.75, 3.05) is 18.5 Å². The predicted molar refractivity (Wildman–Crippen MR) is 68.7 cm³/mol. The lowest BCUT2D eigenvalue weighted by molar-refractivity contribution is -0.128. The number of benzene rings is 1. The van der Waals surface area contributed by atoms with Crippen molar-refractivity contribution in [2.24, 2.45) is 0 Å². The normalized spacial score (nSPS) is 19.1. The molecule has 0 aliphatic carbocycles. The standard InChI is InChI=1S/C13H18N2O3/c1-2-9(8-16)15-13(17)12-7-14-10-5-3-4-6-11(10)18-12/h3-6,9,12,14,16H,2,7-8H2,1H3,(H,15,17). The van der Waals surface area contributed by atoms with E-state index in [4.69, 9.17) is 9.84 Å². The number of rotatable bonds is 4. The fourth-order valence-electron chi connectivity index (χ4n) is 1.83. The van der Waals surface area contributed by atoms with Crippen LogP contribution in [0.3, 0.4) is 0 Å². The number of anilines is 1. The molecule has 1 aliphatic heterocycles. The molecule has 0 saturated heterocycles. The molecule has 0 fully saturated rings. The maximum Gasteiger partial charge on any atom is 0.263 e. The molecule has 3 N–H and O–H groups in total. The second-order valence-electron chi connectivity index (χ2n) is 4.28. The van der Waals surface area contributed by atoms with Crippen LogP contribution in [0.4, 0.5) is 5.69 Å². The maximum atomic E-state index is 11.9. The Labute approximate surface area is 106 Å². The molecule has 0 radical (unpaired) electrons. The summed E-state index contributed by atoms with van der Waals surface area (Å²) >= 11 is 0. The fraction of sp³-hybridized carbons (Fsp3) is 0.462. The van der Waals surface area contributed by atoms with E-state index in [0.717, 1.165) is 5.69 Å². The first-order valence-corrected chi connectivity index (χ1v) is 6.15. The molecule has 2 atom stereocenters. The van der Waals surface area contributed by atoms with Gasteiger partial charge in [0.15, 0.2) is 6.10 Å². The molecule has 98 valence electrons. The average Bonchev–Trinajstić information content (AvgIpc) is 2.44. The zero-order valence-electron chi connectivity index (χ0n) is 10.3. The van der Waals surface area contributed by atoms with Gasteiger partial charge in [0.05, 0.1) is 24.9 Å². The number of carbonyl (C=O) groups is 1. The summed E-state index contributed by atoms with van der Waals surface area (Å²) in [7, 11) is 0. The molecule has 5 heteroatoms. The van der Waals surface area contributed by atoms with Crippen LogP contribution in [0.1, 0.15) is 13.3 Å². The summed E-state index contributed by atoms with van der Waals surface area (Å²) in [5.74, 6) is 0.485. The first kappa shape index (κ1) is 12.7. The second kappa shape index (κ2) is 5.73. The number of aliphatic hydroxyl groups is 1. The smallest absolute Gasteiger partial charge is 0.263 e. The summed E-state index contributed by atoms with van der Waals surface area (Å²) in [6.07, 6.45) is 0.138. The van der Waals surface area contributed by atoms with Crippen LogP contribution in [0.15, 0.2) is 24.3 Å².